The molecule has 1 unspecified atom stereocenters. The quantitative estimate of drug-likeness (QED) is 0.165. The maximum Gasteiger partial charge on any atom is 0.251 e. The molecule has 1 aliphatic heterocycles. The molecule has 0 bridgehead atoms. The van der Waals surface area contributed by atoms with Gasteiger partial charge in [-0.3, -0.25) is 19.4 Å². The minimum atomic E-state index is -1.60. The average Bonchev–Trinajstić information content (AvgIpc) is 3.68. The van der Waals surface area contributed by atoms with Crippen LogP contribution in [0.5, 0.6) is 0 Å². The second kappa shape index (κ2) is 11.6. The number of ether oxygens (including phenoxy) is 1. The van der Waals surface area contributed by atoms with Gasteiger partial charge in [-0.2, -0.15) is 0 Å². The number of hydrogen-bond acceptors (Lipinski definition) is 6. The van der Waals surface area contributed by atoms with Crippen LogP contribution in [0.15, 0.2) is 65.3 Å². The van der Waals surface area contributed by atoms with E-state index in [9.17, 15) is 23.2 Å². The number of hydrogen-bond donors (Lipinski definition) is 3. The Labute approximate surface area is 250 Å². The van der Waals surface area contributed by atoms with Crippen LogP contribution in [0.25, 0.3) is 32.8 Å². The third-order valence-electron chi connectivity index (χ3n) is 7.21. The van der Waals surface area contributed by atoms with E-state index in [-0.39, 0.29) is 31.6 Å². The highest BCUT2D eigenvalue weighted by atomic mass is 127. The normalized spacial score (nSPS) is 17.6. The van der Waals surface area contributed by atoms with E-state index in [1.54, 1.807) is 36.7 Å². The van der Waals surface area contributed by atoms with Gasteiger partial charge in [0.2, 0.25) is 11.8 Å². The van der Waals surface area contributed by atoms with Crippen LogP contribution in [0, 0.1) is 5.82 Å². The minimum Gasteiger partial charge on any atom is -0.456 e. The summed E-state index contributed by atoms with van der Waals surface area (Å²) in [5.74, 6) is -1.88. The Morgan fingerprint density at radius 1 is 1.12 bits per heavy atom. The van der Waals surface area contributed by atoms with Crippen LogP contribution in [-0.2, 0) is 20.9 Å². The van der Waals surface area contributed by atoms with Gasteiger partial charge < -0.3 is 29.7 Å². The number of amides is 3. The van der Waals surface area contributed by atoms with Crippen LogP contribution in [0.2, 0.25) is 0 Å². The molecule has 3 aromatic heterocycles. The number of halogens is 3. The number of furan rings is 1. The molecule has 13 heteroatoms. The number of nitrogens with one attached hydrogen (secondary N) is 3. The first-order chi connectivity index (χ1) is 20.2. The van der Waals surface area contributed by atoms with Gasteiger partial charge in [-0.25, -0.2) is 8.78 Å². The lowest BCUT2D eigenvalue weighted by Crippen LogP contribution is -2.49. The Bertz CT molecular complexity index is 1790. The van der Waals surface area contributed by atoms with Crippen molar-refractivity contribution in [2.45, 2.75) is 29.5 Å². The molecule has 1 aliphatic rings. The summed E-state index contributed by atoms with van der Waals surface area (Å²) >= 11 is 1.47. The Morgan fingerprint density at radius 2 is 1.98 bits per heavy atom. The molecule has 1 fully saturated rings. The van der Waals surface area contributed by atoms with Crippen LogP contribution >= 0.6 is 22.6 Å². The third-order valence-corrected chi connectivity index (χ3v) is 7.50. The Morgan fingerprint density at radius 3 is 2.79 bits per heavy atom. The summed E-state index contributed by atoms with van der Waals surface area (Å²) in [4.78, 5) is 47.9. The van der Waals surface area contributed by atoms with Crippen molar-refractivity contribution in [1.29, 1.82) is 0 Å². The standard InChI is InChI=1S/C29H24F2IN5O5/c30-17-2-3-20-21-8-15(1-4-24(21)42-25(20)9-17)27(39)35-13-26(38)37-14-19(41-29(31)32)10-23(37)28(40)34-12-18-7-16-11-33-6-5-22(16)36-18/h1-9,11,19,23,29,36H,10,12-14H2,(H,34,40)(H,35,39)/t19-,23+,29?/m1/s1. The molecule has 0 radical (unpaired) electrons. The lowest BCUT2D eigenvalue weighted by molar-refractivity contribution is -0.137. The number of carbonyl (C=O) groups excluding carboxylic acids is 3. The van der Waals surface area contributed by atoms with E-state index >= 15 is 0 Å². The second-order valence-corrected chi connectivity index (χ2v) is 10.9. The predicted molar refractivity (Wildman–Crippen MR) is 158 cm³/mol. The molecule has 2 aromatic carbocycles. The monoisotopic (exact) mass is 687 g/mol. The molecule has 3 atom stereocenters. The second-order valence-electron chi connectivity index (χ2n) is 9.93. The van der Waals surface area contributed by atoms with Crippen LogP contribution in [-0.4, -0.2) is 62.2 Å². The summed E-state index contributed by atoms with van der Waals surface area (Å²) in [6, 6.07) is 11.7. The van der Waals surface area contributed by atoms with Gasteiger partial charge in [-0.1, -0.05) is 0 Å². The van der Waals surface area contributed by atoms with Crippen molar-refractivity contribution < 1.29 is 32.3 Å². The number of aromatic amines is 1. The predicted octanol–water partition coefficient (Wildman–Crippen LogP) is 4.32. The van der Waals surface area contributed by atoms with E-state index in [2.05, 4.69) is 20.6 Å². The summed E-state index contributed by atoms with van der Waals surface area (Å²) in [5.41, 5.74) is 2.76. The number of fused-ring (bicyclic) bond motifs is 4. The summed E-state index contributed by atoms with van der Waals surface area (Å²) in [6.07, 6.45) is 2.79. The average molecular weight is 687 g/mol. The number of benzene rings is 2. The van der Waals surface area contributed by atoms with Crippen molar-refractivity contribution in [1.82, 2.24) is 25.5 Å². The molecule has 216 valence electrons. The number of rotatable bonds is 8. The van der Waals surface area contributed by atoms with E-state index < -0.39 is 40.0 Å². The van der Waals surface area contributed by atoms with Crippen molar-refractivity contribution in [3.05, 3.63) is 78.0 Å². The van der Waals surface area contributed by atoms with Crippen LogP contribution in [0.4, 0.5) is 8.78 Å². The van der Waals surface area contributed by atoms with Gasteiger partial charge in [-0.05, 0) is 65.1 Å². The first-order valence-corrected chi connectivity index (χ1v) is 14.3. The molecule has 6 rings (SSSR count). The fraction of sp³-hybridized carbons (Fsp3) is 0.241. The van der Waals surface area contributed by atoms with Gasteiger partial charge in [0.05, 0.1) is 19.2 Å². The first kappa shape index (κ1) is 28.0. The van der Waals surface area contributed by atoms with Gasteiger partial charge in [0.1, 0.15) is 23.0 Å². The van der Waals surface area contributed by atoms with E-state index in [4.69, 9.17) is 9.15 Å². The third kappa shape index (κ3) is 5.79. The smallest absolute Gasteiger partial charge is 0.251 e. The maximum atomic E-state index is 13.6. The van der Waals surface area contributed by atoms with Crippen molar-refractivity contribution >= 4 is 73.2 Å². The number of H-pyrrole nitrogens is 1. The molecule has 0 aliphatic carbocycles. The maximum absolute atomic E-state index is 13.6. The largest absolute Gasteiger partial charge is 0.456 e. The summed E-state index contributed by atoms with van der Waals surface area (Å²) in [5, 5.41) is 7.61. The van der Waals surface area contributed by atoms with Gasteiger partial charge in [-0.15, -0.1) is 0 Å². The molecule has 10 nitrogen and oxygen atoms in total. The van der Waals surface area contributed by atoms with Crippen molar-refractivity contribution in [3.8, 4) is 0 Å². The van der Waals surface area contributed by atoms with Crippen molar-refractivity contribution in [2.75, 3.05) is 13.1 Å². The van der Waals surface area contributed by atoms with Gasteiger partial charge in [0.25, 0.3) is 10.3 Å². The minimum absolute atomic E-state index is 0.00219. The van der Waals surface area contributed by atoms with Gasteiger partial charge in [0.15, 0.2) is 0 Å². The lowest BCUT2D eigenvalue weighted by Gasteiger charge is -2.24. The molecule has 42 heavy (non-hydrogen) atoms. The molecule has 3 amide bonds. The lowest BCUT2D eigenvalue weighted by atomic mass is 10.1. The molecule has 4 heterocycles. The zero-order valence-corrected chi connectivity index (χ0v) is 24.1. The fourth-order valence-electron chi connectivity index (χ4n) is 5.25. The number of pyridine rings is 1. The molecule has 5 aromatic rings. The highest BCUT2D eigenvalue weighted by molar-refractivity contribution is 14.1. The van der Waals surface area contributed by atoms with Gasteiger partial charge in [0, 0.05) is 64.4 Å². The van der Waals surface area contributed by atoms with Gasteiger partial charge >= 0.3 is 0 Å². The molecule has 1 saturated heterocycles. The highest BCUT2D eigenvalue weighted by Crippen LogP contribution is 2.30. The number of likely N-dealkylation sites (tertiary alicyclic amines) is 1. The molecule has 0 spiro atoms. The molecule has 0 saturated carbocycles. The molecular formula is C29H24F2IN5O5. The van der Waals surface area contributed by atoms with E-state index in [1.807, 2.05) is 12.1 Å². The van der Waals surface area contributed by atoms with Crippen molar-refractivity contribution in [2.24, 2.45) is 0 Å². The Kier molecular flexibility index (Phi) is 7.77. The Balaban J connectivity index is 1.12. The highest BCUT2D eigenvalue weighted by Gasteiger charge is 2.40. The number of aromatic nitrogens is 2. The SMILES string of the molecule is O=C(NCC(=O)N1C[C@H](OC(F)I)C[C@H]1C(=O)NCc1cc2cnccc2[nH]1)c1ccc2oc3cc(F)ccc3c2c1. The van der Waals surface area contributed by atoms with E-state index in [0.29, 0.717) is 21.9 Å². The van der Waals surface area contributed by atoms with Crippen LogP contribution < -0.4 is 10.6 Å². The van der Waals surface area contributed by atoms with E-state index in [1.165, 1.54) is 39.6 Å². The number of carbonyl (C=O) groups is 3. The molecular weight excluding hydrogens is 663 g/mol. The topological polar surface area (TPSA) is 130 Å². The number of alkyl halides is 2. The summed E-state index contributed by atoms with van der Waals surface area (Å²) in [6.45, 7) is -0.203. The zero-order valence-electron chi connectivity index (χ0n) is 21.9. The van der Waals surface area contributed by atoms with Crippen LogP contribution in [0.3, 0.4) is 0 Å². The summed E-state index contributed by atoms with van der Waals surface area (Å²) in [7, 11) is 0. The van der Waals surface area contributed by atoms with Crippen LogP contribution in [0.1, 0.15) is 22.5 Å². The van der Waals surface area contributed by atoms with Crippen molar-refractivity contribution in [3.63, 3.8) is 0 Å². The first-order valence-electron chi connectivity index (χ1n) is 13.1. The van der Waals surface area contributed by atoms with E-state index in [0.717, 1.165) is 16.6 Å². The molecule has 3 N–H and O–H groups in total. The number of nitrogens with zero attached hydrogens (tertiary/aromatic N) is 2. The zero-order chi connectivity index (χ0) is 29.4. The Hall–Kier alpha value is -4.11. The summed E-state index contributed by atoms with van der Waals surface area (Å²) < 4.78 is 36.5. The fourth-order valence-corrected chi connectivity index (χ4v) is 5.66.